The Kier molecular flexibility index (Phi) is 26.2. The zero-order valence-electron chi connectivity index (χ0n) is 21.8. The van der Waals surface area contributed by atoms with Gasteiger partial charge in [0, 0.05) is 6.54 Å². The van der Waals surface area contributed by atoms with Gasteiger partial charge in [0.1, 0.15) is 0 Å². The van der Waals surface area contributed by atoms with E-state index in [0.717, 1.165) is 19.5 Å². The van der Waals surface area contributed by atoms with E-state index in [2.05, 4.69) is 33.0 Å². The third-order valence-corrected chi connectivity index (χ3v) is 6.62. The van der Waals surface area contributed by atoms with Gasteiger partial charge in [-0.1, -0.05) is 105 Å². The molecular formula is C27H57BrN2O. The normalized spacial score (nSPS) is 11.4. The maximum atomic E-state index is 12.5. The Labute approximate surface area is 206 Å². The summed E-state index contributed by atoms with van der Waals surface area (Å²) in [4.78, 5) is 12.5. The second kappa shape index (κ2) is 24.6. The molecule has 188 valence electrons. The SMILES string of the molecule is CCCCCCCCCCCCNC(=O)CC[N+](CCCC)(CCCC)CCCC.[Br-]. The summed E-state index contributed by atoms with van der Waals surface area (Å²) >= 11 is 0. The van der Waals surface area contributed by atoms with Crippen molar-refractivity contribution >= 4 is 5.91 Å². The van der Waals surface area contributed by atoms with Crippen LogP contribution in [0.25, 0.3) is 0 Å². The number of hydrogen-bond donors (Lipinski definition) is 1. The molecule has 0 aliphatic heterocycles. The molecule has 0 aromatic rings. The van der Waals surface area contributed by atoms with Crippen LogP contribution in [0.2, 0.25) is 0 Å². The largest absolute Gasteiger partial charge is 1.00 e. The van der Waals surface area contributed by atoms with Gasteiger partial charge >= 0.3 is 0 Å². The Morgan fingerprint density at radius 3 is 1.35 bits per heavy atom. The molecule has 0 fully saturated rings. The van der Waals surface area contributed by atoms with E-state index in [0.29, 0.717) is 6.42 Å². The molecule has 0 saturated carbocycles. The third kappa shape index (κ3) is 20.3. The van der Waals surface area contributed by atoms with Crippen molar-refractivity contribution < 1.29 is 26.3 Å². The highest BCUT2D eigenvalue weighted by atomic mass is 79.9. The third-order valence-electron chi connectivity index (χ3n) is 6.62. The quantitative estimate of drug-likeness (QED) is 0.159. The van der Waals surface area contributed by atoms with Gasteiger partial charge in [0.15, 0.2) is 0 Å². The maximum absolute atomic E-state index is 12.5. The zero-order valence-corrected chi connectivity index (χ0v) is 23.4. The molecular weight excluding hydrogens is 448 g/mol. The number of amides is 1. The predicted octanol–water partition coefficient (Wildman–Crippen LogP) is 4.63. The van der Waals surface area contributed by atoms with Crippen LogP contribution in [0.5, 0.6) is 0 Å². The Hall–Kier alpha value is -0.0900. The molecule has 1 amide bonds. The van der Waals surface area contributed by atoms with Gasteiger partial charge in [-0.15, -0.1) is 0 Å². The maximum Gasteiger partial charge on any atom is 0.225 e. The molecule has 0 aliphatic carbocycles. The van der Waals surface area contributed by atoms with Crippen molar-refractivity contribution in [1.82, 2.24) is 5.32 Å². The lowest BCUT2D eigenvalue weighted by atomic mass is 10.1. The van der Waals surface area contributed by atoms with Crippen LogP contribution in [0.15, 0.2) is 0 Å². The Balaban J connectivity index is 0. The Bertz CT molecular complexity index is 354. The van der Waals surface area contributed by atoms with Crippen molar-refractivity contribution in [3.05, 3.63) is 0 Å². The molecule has 0 heterocycles. The number of rotatable bonds is 23. The van der Waals surface area contributed by atoms with Crippen LogP contribution < -0.4 is 22.3 Å². The number of quaternary nitrogens is 1. The van der Waals surface area contributed by atoms with Gasteiger partial charge < -0.3 is 26.8 Å². The fourth-order valence-corrected chi connectivity index (χ4v) is 4.42. The molecule has 4 heteroatoms. The van der Waals surface area contributed by atoms with Crippen molar-refractivity contribution in [3.63, 3.8) is 0 Å². The monoisotopic (exact) mass is 504 g/mol. The van der Waals surface area contributed by atoms with Crippen LogP contribution in [-0.2, 0) is 4.79 Å². The fourth-order valence-electron chi connectivity index (χ4n) is 4.42. The number of unbranched alkanes of at least 4 members (excludes halogenated alkanes) is 12. The number of nitrogens with zero attached hydrogens (tertiary/aromatic N) is 1. The van der Waals surface area contributed by atoms with Crippen LogP contribution in [0.1, 0.15) is 137 Å². The molecule has 31 heavy (non-hydrogen) atoms. The minimum Gasteiger partial charge on any atom is -1.00 e. The number of carbonyl (C=O) groups excluding carboxylic acids is 1. The van der Waals surface area contributed by atoms with E-state index in [1.165, 1.54) is 120 Å². The number of nitrogens with one attached hydrogen (secondary N) is 1. The Morgan fingerprint density at radius 1 is 0.548 bits per heavy atom. The van der Waals surface area contributed by atoms with Gasteiger partial charge in [-0.05, 0) is 25.7 Å². The molecule has 0 atom stereocenters. The molecule has 0 saturated heterocycles. The summed E-state index contributed by atoms with van der Waals surface area (Å²) in [6.45, 7) is 14.8. The molecule has 0 spiro atoms. The highest BCUT2D eigenvalue weighted by Crippen LogP contribution is 2.16. The molecule has 0 unspecified atom stereocenters. The van der Waals surface area contributed by atoms with Gasteiger partial charge in [0.2, 0.25) is 5.91 Å². The summed E-state index contributed by atoms with van der Waals surface area (Å²) in [5, 5.41) is 3.20. The van der Waals surface area contributed by atoms with E-state index in [1.54, 1.807) is 0 Å². The van der Waals surface area contributed by atoms with Gasteiger partial charge in [0.05, 0.1) is 32.6 Å². The van der Waals surface area contributed by atoms with Crippen molar-refractivity contribution in [2.45, 2.75) is 137 Å². The predicted molar refractivity (Wildman–Crippen MR) is 134 cm³/mol. The van der Waals surface area contributed by atoms with Crippen LogP contribution in [0.3, 0.4) is 0 Å². The summed E-state index contributed by atoms with van der Waals surface area (Å²) in [7, 11) is 0. The first-order chi connectivity index (χ1) is 14.6. The molecule has 1 N–H and O–H groups in total. The summed E-state index contributed by atoms with van der Waals surface area (Å²) in [5.41, 5.74) is 0. The van der Waals surface area contributed by atoms with Crippen molar-refractivity contribution in [3.8, 4) is 0 Å². The first kappa shape index (κ1) is 33.1. The standard InChI is InChI=1S/C27H56N2O.BrH/c1-5-9-13-14-15-16-17-18-19-20-22-28-27(30)21-26-29(23-10-6-2,24-11-7-3)25-12-8-4;/h5-26H2,1-4H3;1H. The van der Waals surface area contributed by atoms with Gasteiger partial charge in [-0.25, -0.2) is 0 Å². The van der Waals surface area contributed by atoms with Crippen LogP contribution in [0, 0.1) is 0 Å². The average Bonchev–Trinajstić information content (AvgIpc) is 2.76. The molecule has 0 bridgehead atoms. The average molecular weight is 506 g/mol. The topological polar surface area (TPSA) is 29.1 Å². The number of carbonyl (C=O) groups is 1. The van der Waals surface area contributed by atoms with E-state index in [4.69, 9.17) is 0 Å². The minimum atomic E-state index is 0. The van der Waals surface area contributed by atoms with Crippen LogP contribution >= 0.6 is 0 Å². The fraction of sp³-hybridized carbons (Fsp3) is 0.963. The second-order valence-corrected chi connectivity index (χ2v) is 9.58. The minimum absolute atomic E-state index is 0. The highest BCUT2D eigenvalue weighted by Gasteiger charge is 2.26. The lowest BCUT2D eigenvalue weighted by molar-refractivity contribution is -0.928. The molecule has 0 aromatic carbocycles. The van der Waals surface area contributed by atoms with Gasteiger partial charge in [-0.2, -0.15) is 0 Å². The summed E-state index contributed by atoms with van der Waals surface area (Å²) in [5.74, 6) is 0.276. The first-order valence-corrected chi connectivity index (χ1v) is 13.8. The zero-order chi connectivity index (χ0) is 22.3. The molecule has 0 radical (unpaired) electrons. The summed E-state index contributed by atoms with van der Waals surface area (Å²) < 4.78 is 1.17. The highest BCUT2D eigenvalue weighted by molar-refractivity contribution is 5.75. The first-order valence-electron chi connectivity index (χ1n) is 13.8. The van der Waals surface area contributed by atoms with Gasteiger partial charge in [-0.3, -0.25) is 4.79 Å². The molecule has 0 aliphatic rings. The van der Waals surface area contributed by atoms with E-state index in [-0.39, 0.29) is 22.9 Å². The van der Waals surface area contributed by atoms with Crippen LogP contribution in [0.4, 0.5) is 0 Å². The molecule has 0 rings (SSSR count). The molecule has 3 nitrogen and oxygen atoms in total. The van der Waals surface area contributed by atoms with Crippen molar-refractivity contribution in [1.29, 1.82) is 0 Å². The lowest BCUT2D eigenvalue weighted by Crippen LogP contribution is -3.00. The second-order valence-electron chi connectivity index (χ2n) is 9.58. The smallest absolute Gasteiger partial charge is 0.225 e. The van der Waals surface area contributed by atoms with E-state index in [9.17, 15) is 4.79 Å². The van der Waals surface area contributed by atoms with Crippen molar-refractivity contribution in [2.75, 3.05) is 32.7 Å². The lowest BCUT2D eigenvalue weighted by Gasteiger charge is -2.39. The number of hydrogen-bond acceptors (Lipinski definition) is 1. The number of halogens is 1. The van der Waals surface area contributed by atoms with Gasteiger partial charge in [0.25, 0.3) is 0 Å². The molecule has 0 aromatic heterocycles. The van der Waals surface area contributed by atoms with E-state index < -0.39 is 0 Å². The Morgan fingerprint density at radius 2 is 0.935 bits per heavy atom. The summed E-state index contributed by atoms with van der Waals surface area (Å²) in [6, 6.07) is 0. The van der Waals surface area contributed by atoms with E-state index in [1.807, 2.05) is 0 Å². The van der Waals surface area contributed by atoms with Crippen molar-refractivity contribution in [2.24, 2.45) is 0 Å². The summed E-state index contributed by atoms with van der Waals surface area (Å²) in [6.07, 6.45) is 21.8. The van der Waals surface area contributed by atoms with Crippen LogP contribution in [-0.4, -0.2) is 43.1 Å². The van der Waals surface area contributed by atoms with E-state index >= 15 is 0 Å².